The quantitative estimate of drug-likeness (QED) is 0.865. The van der Waals surface area contributed by atoms with Crippen molar-refractivity contribution in [2.45, 2.75) is 26.4 Å². The molecule has 6 heteroatoms. The Bertz CT molecular complexity index is 444. The number of anilines is 1. The van der Waals surface area contributed by atoms with E-state index in [2.05, 4.69) is 10.6 Å². The maximum Gasteiger partial charge on any atom is 0.416 e. The number of amides is 1. The highest BCUT2D eigenvalue weighted by Gasteiger charge is 2.31. The molecule has 3 nitrogen and oxygen atoms in total. The van der Waals surface area contributed by atoms with Crippen LogP contribution in [0.15, 0.2) is 18.2 Å². The van der Waals surface area contributed by atoms with Gasteiger partial charge in [0.25, 0.3) is 5.91 Å². The van der Waals surface area contributed by atoms with Crippen molar-refractivity contribution < 1.29 is 18.0 Å². The van der Waals surface area contributed by atoms with Gasteiger partial charge in [0.15, 0.2) is 0 Å². The van der Waals surface area contributed by atoms with Gasteiger partial charge in [-0.15, -0.1) is 0 Å². The van der Waals surface area contributed by atoms with Crippen LogP contribution in [0.2, 0.25) is 0 Å². The SMILES string of the molecule is CCCNC(=O)c1cc(C(F)(F)F)ccc1NCC. The first-order chi connectivity index (χ1) is 8.90. The van der Waals surface area contributed by atoms with Crippen LogP contribution < -0.4 is 10.6 Å². The van der Waals surface area contributed by atoms with Gasteiger partial charge in [0.1, 0.15) is 0 Å². The average Bonchev–Trinajstić information content (AvgIpc) is 2.35. The summed E-state index contributed by atoms with van der Waals surface area (Å²) in [6, 6.07) is 3.13. The maximum absolute atomic E-state index is 12.6. The van der Waals surface area contributed by atoms with Gasteiger partial charge in [0.2, 0.25) is 0 Å². The summed E-state index contributed by atoms with van der Waals surface area (Å²) in [4.78, 5) is 11.9. The van der Waals surface area contributed by atoms with E-state index in [-0.39, 0.29) is 5.56 Å². The summed E-state index contributed by atoms with van der Waals surface area (Å²) in [6.07, 6.45) is -3.73. The number of halogens is 3. The average molecular weight is 274 g/mol. The molecule has 0 aliphatic carbocycles. The Morgan fingerprint density at radius 2 is 1.95 bits per heavy atom. The van der Waals surface area contributed by atoms with Crippen LogP contribution in [0, 0.1) is 0 Å². The minimum absolute atomic E-state index is 0.0186. The van der Waals surface area contributed by atoms with E-state index in [0.29, 0.717) is 18.8 Å². The Morgan fingerprint density at radius 1 is 1.26 bits per heavy atom. The normalized spacial score (nSPS) is 11.2. The first-order valence-electron chi connectivity index (χ1n) is 6.13. The maximum atomic E-state index is 12.6. The monoisotopic (exact) mass is 274 g/mol. The molecule has 1 aromatic carbocycles. The first kappa shape index (κ1) is 15.3. The van der Waals surface area contributed by atoms with Crippen molar-refractivity contribution in [1.82, 2.24) is 5.32 Å². The molecule has 1 aromatic rings. The molecule has 0 spiro atoms. The Kier molecular flexibility index (Phi) is 5.20. The van der Waals surface area contributed by atoms with E-state index in [0.717, 1.165) is 18.6 Å². The van der Waals surface area contributed by atoms with E-state index in [1.165, 1.54) is 6.07 Å². The molecule has 0 radical (unpaired) electrons. The van der Waals surface area contributed by atoms with Crippen LogP contribution in [0.25, 0.3) is 0 Å². The molecule has 0 aliphatic heterocycles. The third kappa shape index (κ3) is 4.15. The largest absolute Gasteiger partial charge is 0.416 e. The molecule has 0 fully saturated rings. The van der Waals surface area contributed by atoms with Crippen molar-refractivity contribution in [2.75, 3.05) is 18.4 Å². The molecule has 0 saturated carbocycles. The zero-order chi connectivity index (χ0) is 14.5. The number of rotatable bonds is 5. The van der Waals surface area contributed by atoms with E-state index in [1.54, 1.807) is 0 Å². The predicted octanol–water partition coefficient (Wildman–Crippen LogP) is 3.28. The number of nitrogens with one attached hydrogen (secondary N) is 2. The van der Waals surface area contributed by atoms with E-state index in [1.807, 2.05) is 13.8 Å². The van der Waals surface area contributed by atoms with Crippen LogP contribution in [-0.2, 0) is 6.18 Å². The van der Waals surface area contributed by atoms with Crippen molar-refractivity contribution in [3.8, 4) is 0 Å². The Balaban J connectivity index is 3.11. The second-order valence-corrected chi connectivity index (χ2v) is 4.04. The summed E-state index contributed by atoms with van der Waals surface area (Å²) in [5.41, 5.74) is -0.398. The number of carbonyl (C=O) groups is 1. The highest BCUT2D eigenvalue weighted by atomic mass is 19.4. The van der Waals surface area contributed by atoms with Gasteiger partial charge in [0, 0.05) is 18.8 Å². The summed E-state index contributed by atoms with van der Waals surface area (Å²) in [5, 5.41) is 5.46. The smallest absolute Gasteiger partial charge is 0.385 e. The van der Waals surface area contributed by atoms with Crippen molar-refractivity contribution in [2.24, 2.45) is 0 Å². The van der Waals surface area contributed by atoms with Crippen LogP contribution in [-0.4, -0.2) is 19.0 Å². The Labute approximate surface area is 110 Å². The van der Waals surface area contributed by atoms with Crippen LogP contribution in [0.1, 0.15) is 36.2 Å². The third-order valence-corrected chi connectivity index (χ3v) is 2.49. The lowest BCUT2D eigenvalue weighted by molar-refractivity contribution is -0.137. The second kappa shape index (κ2) is 6.45. The van der Waals surface area contributed by atoms with Crippen LogP contribution in [0.5, 0.6) is 0 Å². The molecule has 0 atom stereocenters. The molecular formula is C13H17F3N2O. The molecule has 2 N–H and O–H groups in total. The van der Waals surface area contributed by atoms with Crippen LogP contribution >= 0.6 is 0 Å². The second-order valence-electron chi connectivity index (χ2n) is 4.04. The van der Waals surface area contributed by atoms with Gasteiger partial charge in [-0.2, -0.15) is 13.2 Å². The molecule has 0 unspecified atom stereocenters. The Hall–Kier alpha value is -1.72. The van der Waals surface area contributed by atoms with Crippen molar-refractivity contribution >= 4 is 11.6 Å². The fraction of sp³-hybridized carbons (Fsp3) is 0.462. The summed E-state index contributed by atoms with van der Waals surface area (Å²) in [7, 11) is 0. The van der Waals surface area contributed by atoms with Crippen molar-refractivity contribution in [1.29, 1.82) is 0 Å². The van der Waals surface area contributed by atoms with Crippen molar-refractivity contribution in [3.05, 3.63) is 29.3 Å². The predicted molar refractivity (Wildman–Crippen MR) is 68.2 cm³/mol. The van der Waals surface area contributed by atoms with E-state index in [9.17, 15) is 18.0 Å². The lowest BCUT2D eigenvalue weighted by Crippen LogP contribution is -2.25. The van der Waals surface area contributed by atoms with Gasteiger partial charge in [-0.05, 0) is 31.5 Å². The molecule has 0 heterocycles. The van der Waals surface area contributed by atoms with Gasteiger partial charge in [-0.1, -0.05) is 6.92 Å². The lowest BCUT2D eigenvalue weighted by Gasteiger charge is -2.14. The zero-order valence-corrected chi connectivity index (χ0v) is 10.9. The highest BCUT2D eigenvalue weighted by Crippen LogP contribution is 2.31. The fourth-order valence-corrected chi connectivity index (χ4v) is 1.59. The van der Waals surface area contributed by atoms with E-state index >= 15 is 0 Å². The topological polar surface area (TPSA) is 41.1 Å². The fourth-order valence-electron chi connectivity index (χ4n) is 1.59. The minimum atomic E-state index is -4.45. The highest BCUT2D eigenvalue weighted by molar-refractivity contribution is 5.99. The molecule has 1 amide bonds. The van der Waals surface area contributed by atoms with E-state index in [4.69, 9.17) is 0 Å². The standard InChI is InChI=1S/C13H17F3N2O/c1-3-7-18-12(19)10-8-9(13(14,15)16)5-6-11(10)17-4-2/h5-6,8,17H,3-4,7H2,1-2H3,(H,18,19). The molecule has 106 valence electrons. The third-order valence-electron chi connectivity index (χ3n) is 2.49. The minimum Gasteiger partial charge on any atom is -0.385 e. The van der Waals surface area contributed by atoms with Gasteiger partial charge in [-0.25, -0.2) is 0 Å². The van der Waals surface area contributed by atoms with Gasteiger partial charge in [-0.3, -0.25) is 4.79 Å². The van der Waals surface area contributed by atoms with E-state index < -0.39 is 17.6 Å². The molecule has 0 aliphatic rings. The molecule has 0 aromatic heterocycles. The summed E-state index contributed by atoms with van der Waals surface area (Å²) >= 11 is 0. The van der Waals surface area contributed by atoms with Gasteiger partial charge >= 0.3 is 6.18 Å². The number of carbonyl (C=O) groups excluding carboxylic acids is 1. The number of benzene rings is 1. The number of hydrogen-bond acceptors (Lipinski definition) is 2. The van der Waals surface area contributed by atoms with Gasteiger partial charge in [0.05, 0.1) is 11.1 Å². The summed E-state index contributed by atoms with van der Waals surface area (Å²) in [5.74, 6) is -0.496. The summed E-state index contributed by atoms with van der Waals surface area (Å²) < 4.78 is 37.9. The van der Waals surface area contributed by atoms with Crippen LogP contribution in [0.4, 0.5) is 18.9 Å². The van der Waals surface area contributed by atoms with Gasteiger partial charge < -0.3 is 10.6 Å². The molecule has 19 heavy (non-hydrogen) atoms. The number of hydrogen-bond donors (Lipinski definition) is 2. The van der Waals surface area contributed by atoms with Crippen molar-refractivity contribution in [3.63, 3.8) is 0 Å². The first-order valence-corrected chi connectivity index (χ1v) is 6.13. The van der Waals surface area contributed by atoms with Crippen LogP contribution in [0.3, 0.4) is 0 Å². The summed E-state index contributed by atoms with van der Waals surface area (Å²) in [6.45, 7) is 4.64. The molecule has 1 rings (SSSR count). The molecular weight excluding hydrogens is 257 g/mol. The Morgan fingerprint density at radius 3 is 2.47 bits per heavy atom. The molecule has 0 saturated heterocycles. The zero-order valence-electron chi connectivity index (χ0n) is 10.9. The lowest BCUT2D eigenvalue weighted by atomic mass is 10.1. The molecule has 0 bridgehead atoms. The number of alkyl halides is 3.